The van der Waals surface area contributed by atoms with Crippen LogP contribution >= 0.6 is 0 Å². The normalized spacial score (nSPS) is 14.9. The van der Waals surface area contributed by atoms with Crippen LogP contribution in [0.3, 0.4) is 0 Å². The zero-order valence-corrected chi connectivity index (χ0v) is 16.1. The first-order valence-corrected chi connectivity index (χ1v) is 9.64. The van der Waals surface area contributed by atoms with Gasteiger partial charge in [-0.2, -0.15) is 5.10 Å². The summed E-state index contributed by atoms with van der Waals surface area (Å²) in [6, 6.07) is 9.41. The highest BCUT2D eigenvalue weighted by Crippen LogP contribution is 2.34. The molecular weight excluding hydrogens is 356 g/mol. The van der Waals surface area contributed by atoms with E-state index in [0.717, 1.165) is 47.1 Å². The molecule has 2 aromatic heterocycles. The molecule has 0 spiro atoms. The molecule has 1 aromatic carbocycles. The fourth-order valence-corrected chi connectivity index (χ4v) is 3.44. The van der Waals surface area contributed by atoms with Gasteiger partial charge < -0.3 is 14.8 Å². The Morgan fingerprint density at radius 1 is 1.32 bits per heavy atom. The van der Waals surface area contributed by atoms with E-state index in [-0.39, 0.29) is 12.0 Å². The summed E-state index contributed by atoms with van der Waals surface area (Å²) in [5.41, 5.74) is 3.99. The van der Waals surface area contributed by atoms with Crippen LogP contribution in [0, 0.1) is 0 Å². The molecule has 1 amide bonds. The number of nitrogens with zero attached hydrogens (tertiary/aromatic N) is 2. The number of fused-ring (bicyclic) bond motifs is 1. The minimum atomic E-state index is -0.133. The van der Waals surface area contributed by atoms with Crippen LogP contribution in [0.5, 0.6) is 5.88 Å². The van der Waals surface area contributed by atoms with Gasteiger partial charge in [0.1, 0.15) is 11.8 Å². The highest BCUT2D eigenvalue weighted by molar-refractivity contribution is 5.99. The van der Waals surface area contributed by atoms with E-state index in [0.29, 0.717) is 24.7 Å². The smallest absolute Gasteiger partial charge is 0.251 e. The van der Waals surface area contributed by atoms with E-state index in [9.17, 15) is 4.79 Å². The van der Waals surface area contributed by atoms with E-state index in [1.807, 2.05) is 24.3 Å². The molecule has 7 nitrogen and oxygen atoms in total. The number of carbonyl (C=O) groups excluding carboxylic acids is 1. The van der Waals surface area contributed by atoms with E-state index >= 15 is 0 Å². The number of benzene rings is 1. The molecule has 3 aromatic rings. The third-order valence-corrected chi connectivity index (χ3v) is 5.00. The summed E-state index contributed by atoms with van der Waals surface area (Å²) in [6.07, 6.45) is 2.58. The quantitative estimate of drug-likeness (QED) is 0.710. The van der Waals surface area contributed by atoms with Gasteiger partial charge in [0.2, 0.25) is 5.88 Å². The first kappa shape index (κ1) is 18.4. The van der Waals surface area contributed by atoms with Crippen LogP contribution in [0.4, 0.5) is 0 Å². The standard InChI is InChI=1S/C21H24N4O3/c1-3-15-12-17-18(21(23-15)28-16-7-9-27-10-8-16)19(25-24-17)13-5-4-6-14(11-13)20(26)22-2/h4-6,11-12,16H,3,7-10H2,1-2H3,(H,22,26)(H,24,25). The molecule has 7 heteroatoms. The van der Waals surface area contributed by atoms with E-state index in [4.69, 9.17) is 14.5 Å². The van der Waals surface area contributed by atoms with Gasteiger partial charge in [0.05, 0.1) is 24.1 Å². The summed E-state index contributed by atoms with van der Waals surface area (Å²) in [4.78, 5) is 16.8. The Kier molecular flexibility index (Phi) is 5.25. The second kappa shape index (κ2) is 7.98. The lowest BCUT2D eigenvalue weighted by molar-refractivity contribution is 0.0244. The highest BCUT2D eigenvalue weighted by atomic mass is 16.5. The van der Waals surface area contributed by atoms with Crippen molar-refractivity contribution in [3.63, 3.8) is 0 Å². The first-order chi connectivity index (χ1) is 13.7. The number of hydrogen-bond acceptors (Lipinski definition) is 5. The lowest BCUT2D eigenvalue weighted by Gasteiger charge is -2.23. The maximum Gasteiger partial charge on any atom is 0.251 e. The molecule has 1 saturated heterocycles. The van der Waals surface area contributed by atoms with Crippen molar-refractivity contribution < 1.29 is 14.3 Å². The molecule has 1 aliphatic heterocycles. The number of aryl methyl sites for hydroxylation is 1. The van der Waals surface area contributed by atoms with Crippen molar-refractivity contribution in [2.24, 2.45) is 0 Å². The minimum Gasteiger partial charge on any atom is -0.474 e. The van der Waals surface area contributed by atoms with Crippen LogP contribution in [-0.4, -0.2) is 47.5 Å². The second-order valence-electron chi connectivity index (χ2n) is 6.86. The average molecular weight is 380 g/mol. The van der Waals surface area contributed by atoms with Crippen LogP contribution in [-0.2, 0) is 11.2 Å². The number of carbonyl (C=O) groups is 1. The number of pyridine rings is 1. The topological polar surface area (TPSA) is 89.1 Å². The van der Waals surface area contributed by atoms with Crippen molar-refractivity contribution in [2.75, 3.05) is 20.3 Å². The summed E-state index contributed by atoms with van der Waals surface area (Å²) in [6.45, 7) is 3.47. The first-order valence-electron chi connectivity index (χ1n) is 9.64. The molecule has 0 bridgehead atoms. The van der Waals surface area contributed by atoms with Crippen LogP contribution in [0.25, 0.3) is 22.2 Å². The van der Waals surface area contributed by atoms with E-state index in [1.54, 1.807) is 13.1 Å². The van der Waals surface area contributed by atoms with E-state index in [1.165, 1.54) is 0 Å². The largest absolute Gasteiger partial charge is 0.474 e. The molecular formula is C21H24N4O3. The highest BCUT2D eigenvalue weighted by Gasteiger charge is 2.21. The maximum atomic E-state index is 12.0. The number of aromatic nitrogens is 3. The summed E-state index contributed by atoms with van der Waals surface area (Å²) in [5, 5.41) is 11.1. The summed E-state index contributed by atoms with van der Waals surface area (Å²) >= 11 is 0. The second-order valence-corrected chi connectivity index (χ2v) is 6.86. The van der Waals surface area contributed by atoms with Gasteiger partial charge in [0.15, 0.2) is 0 Å². The van der Waals surface area contributed by atoms with Crippen molar-refractivity contribution in [1.29, 1.82) is 0 Å². The van der Waals surface area contributed by atoms with Crippen molar-refractivity contribution in [1.82, 2.24) is 20.5 Å². The Balaban J connectivity index is 1.80. The molecule has 4 rings (SSSR count). The Morgan fingerprint density at radius 2 is 2.14 bits per heavy atom. The number of nitrogens with one attached hydrogen (secondary N) is 2. The van der Waals surface area contributed by atoms with E-state index < -0.39 is 0 Å². The molecule has 146 valence electrons. The van der Waals surface area contributed by atoms with Gasteiger partial charge in [-0.15, -0.1) is 0 Å². The van der Waals surface area contributed by atoms with Crippen molar-refractivity contribution in [2.45, 2.75) is 32.3 Å². The van der Waals surface area contributed by atoms with Crippen LogP contribution in [0.1, 0.15) is 35.8 Å². The molecule has 3 heterocycles. The number of amides is 1. The fraction of sp³-hybridized carbons (Fsp3) is 0.381. The minimum absolute atomic E-state index is 0.0801. The molecule has 0 atom stereocenters. The fourth-order valence-electron chi connectivity index (χ4n) is 3.44. The Morgan fingerprint density at radius 3 is 2.89 bits per heavy atom. The lowest BCUT2D eigenvalue weighted by Crippen LogP contribution is -2.26. The van der Waals surface area contributed by atoms with Crippen molar-refractivity contribution in [3.8, 4) is 17.1 Å². The number of ether oxygens (including phenoxy) is 2. The number of H-pyrrole nitrogens is 1. The third kappa shape index (κ3) is 3.57. The van der Waals surface area contributed by atoms with Gasteiger partial charge in [-0.05, 0) is 24.6 Å². The molecule has 0 saturated carbocycles. The van der Waals surface area contributed by atoms with Gasteiger partial charge in [-0.25, -0.2) is 4.98 Å². The predicted octanol–water partition coefficient (Wildman–Crippen LogP) is 3.10. The van der Waals surface area contributed by atoms with Crippen LogP contribution < -0.4 is 10.1 Å². The zero-order chi connectivity index (χ0) is 19.5. The molecule has 0 unspecified atom stereocenters. The van der Waals surface area contributed by atoms with Crippen LogP contribution in [0.15, 0.2) is 30.3 Å². The summed E-state index contributed by atoms with van der Waals surface area (Å²) < 4.78 is 11.7. The van der Waals surface area contributed by atoms with Crippen molar-refractivity contribution >= 4 is 16.8 Å². The number of hydrogen-bond donors (Lipinski definition) is 2. The van der Waals surface area contributed by atoms with Crippen LogP contribution in [0.2, 0.25) is 0 Å². The Bertz CT molecular complexity index is 992. The predicted molar refractivity (Wildman–Crippen MR) is 107 cm³/mol. The lowest BCUT2D eigenvalue weighted by atomic mass is 10.0. The Hall–Kier alpha value is -2.93. The number of rotatable bonds is 5. The number of aromatic amines is 1. The summed E-state index contributed by atoms with van der Waals surface area (Å²) in [5.74, 6) is 0.460. The zero-order valence-electron chi connectivity index (χ0n) is 16.1. The molecule has 2 N–H and O–H groups in total. The maximum absolute atomic E-state index is 12.0. The molecule has 0 aliphatic carbocycles. The monoisotopic (exact) mass is 380 g/mol. The molecule has 0 radical (unpaired) electrons. The summed E-state index contributed by atoms with van der Waals surface area (Å²) in [7, 11) is 1.62. The third-order valence-electron chi connectivity index (χ3n) is 5.00. The van der Waals surface area contributed by atoms with Gasteiger partial charge in [-0.3, -0.25) is 9.89 Å². The van der Waals surface area contributed by atoms with Crippen molar-refractivity contribution in [3.05, 3.63) is 41.6 Å². The van der Waals surface area contributed by atoms with Gasteiger partial charge in [0, 0.05) is 36.7 Å². The molecule has 1 fully saturated rings. The SMILES string of the molecule is CCc1cc2[nH]nc(-c3cccc(C(=O)NC)c3)c2c(OC2CCOCC2)n1. The average Bonchev–Trinajstić information content (AvgIpc) is 3.18. The Labute approximate surface area is 163 Å². The van der Waals surface area contributed by atoms with Gasteiger partial charge in [0.25, 0.3) is 5.91 Å². The molecule has 28 heavy (non-hydrogen) atoms. The van der Waals surface area contributed by atoms with Gasteiger partial charge in [-0.1, -0.05) is 19.1 Å². The molecule has 1 aliphatic rings. The van der Waals surface area contributed by atoms with Gasteiger partial charge >= 0.3 is 0 Å². The van der Waals surface area contributed by atoms with E-state index in [2.05, 4.69) is 22.4 Å².